The Labute approximate surface area is 153 Å². The topological polar surface area (TPSA) is 63.5 Å². The highest BCUT2D eigenvalue weighted by Crippen LogP contribution is 2.25. The van der Waals surface area contributed by atoms with Crippen LogP contribution in [0, 0.1) is 0 Å². The fourth-order valence-electron chi connectivity index (χ4n) is 2.44. The summed E-state index contributed by atoms with van der Waals surface area (Å²) < 4.78 is 29.5. The molecule has 0 aliphatic rings. The van der Waals surface area contributed by atoms with Gasteiger partial charge in [-0.15, -0.1) is 11.3 Å². The van der Waals surface area contributed by atoms with Crippen LogP contribution >= 0.6 is 22.9 Å². The number of fused-ring (bicyclic) bond motifs is 1. The number of benzene rings is 2. The lowest BCUT2D eigenvalue weighted by Gasteiger charge is -2.09. The van der Waals surface area contributed by atoms with Crippen LogP contribution in [0.2, 0.25) is 5.02 Å². The molecule has 0 fully saturated rings. The van der Waals surface area contributed by atoms with Gasteiger partial charge in [0.05, 0.1) is 10.6 Å². The minimum atomic E-state index is -3.68. The summed E-state index contributed by atoms with van der Waals surface area (Å²) in [6.07, 6.45) is 3.85. The summed E-state index contributed by atoms with van der Waals surface area (Å²) in [6, 6.07) is 13.2. The van der Waals surface area contributed by atoms with Crippen molar-refractivity contribution in [3.8, 4) is 11.3 Å². The maximum atomic E-state index is 12.5. The Bertz CT molecular complexity index is 1120. The zero-order chi connectivity index (χ0) is 17.4. The van der Waals surface area contributed by atoms with E-state index in [1.54, 1.807) is 41.7 Å². The number of thiazole rings is 1. The molecule has 0 saturated carbocycles. The molecule has 0 atom stereocenters. The van der Waals surface area contributed by atoms with Crippen molar-refractivity contribution < 1.29 is 8.42 Å². The second-order valence-electron chi connectivity index (χ2n) is 5.36. The molecule has 8 heteroatoms. The third-order valence-electron chi connectivity index (χ3n) is 3.63. The lowest BCUT2D eigenvalue weighted by molar-refractivity contribution is 0.601. The Hall–Kier alpha value is -2.35. The Morgan fingerprint density at radius 3 is 2.68 bits per heavy atom. The van der Waals surface area contributed by atoms with Crippen LogP contribution < -0.4 is 4.72 Å². The van der Waals surface area contributed by atoms with Crippen LogP contribution in [0.25, 0.3) is 16.2 Å². The van der Waals surface area contributed by atoms with E-state index in [2.05, 4.69) is 9.71 Å². The first-order chi connectivity index (χ1) is 12.0. The molecule has 0 radical (unpaired) electrons. The van der Waals surface area contributed by atoms with E-state index < -0.39 is 10.0 Å². The van der Waals surface area contributed by atoms with E-state index in [0.29, 0.717) is 10.7 Å². The van der Waals surface area contributed by atoms with Crippen molar-refractivity contribution in [1.82, 2.24) is 9.38 Å². The van der Waals surface area contributed by atoms with Gasteiger partial charge in [-0.2, -0.15) is 0 Å². The third kappa shape index (κ3) is 3.26. The minimum Gasteiger partial charge on any atom is -0.297 e. The van der Waals surface area contributed by atoms with Crippen molar-refractivity contribution >= 4 is 43.6 Å². The van der Waals surface area contributed by atoms with Crippen LogP contribution in [-0.2, 0) is 10.0 Å². The SMILES string of the molecule is O=S(=O)(Nc1cccc(-c2cn3ccsc3n2)c1)c1ccc(Cl)cc1. The molecule has 0 bridgehead atoms. The number of rotatable bonds is 4. The van der Waals surface area contributed by atoms with Crippen molar-refractivity contribution in [2.45, 2.75) is 4.90 Å². The molecule has 2 heterocycles. The van der Waals surface area contributed by atoms with Gasteiger partial charge in [0.2, 0.25) is 0 Å². The Kier molecular flexibility index (Phi) is 3.99. The van der Waals surface area contributed by atoms with E-state index in [-0.39, 0.29) is 4.90 Å². The van der Waals surface area contributed by atoms with Crippen molar-refractivity contribution in [2.24, 2.45) is 0 Å². The van der Waals surface area contributed by atoms with E-state index in [0.717, 1.165) is 16.2 Å². The zero-order valence-corrected chi connectivity index (χ0v) is 15.1. The predicted molar refractivity (Wildman–Crippen MR) is 101 cm³/mol. The largest absolute Gasteiger partial charge is 0.297 e. The molecular weight excluding hydrogens is 378 g/mol. The lowest BCUT2D eigenvalue weighted by Crippen LogP contribution is -2.12. The Morgan fingerprint density at radius 2 is 1.92 bits per heavy atom. The van der Waals surface area contributed by atoms with Gasteiger partial charge in [0, 0.05) is 34.0 Å². The first-order valence-corrected chi connectivity index (χ1v) is 10.1. The molecule has 0 aliphatic carbocycles. The van der Waals surface area contributed by atoms with Crippen molar-refractivity contribution in [2.75, 3.05) is 4.72 Å². The first kappa shape index (κ1) is 16.1. The van der Waals surface area contributed by atoms with Gasteiger partial charge in [-0.25, -0.2) is 13.4 Å². The minimum absolute atomic E-state index is 0.157. The number of nitrogens with one attached hydrogen (secondary N) is 1. The van der Waals surface area contributed by atoms with Crippen LogP contribution in [0.3, 0.4) is 0 Å². The summed E-state index contributed by atoms with van der Waals surface area (Å²) in [7, 11) is -3.68. The fourth-order valence-corrected chi connectivity index (χ4v) is 4.31. The van der Waals surface area contributed by atoms with Gasteiger partial charge in [-0.05, 0) is 36.4 Å². The highest BCUT2D eigenvalue weighted by molar-refractivity contribution is 7.92. The van der Waals surface area contributed by atoms with Gasteiger partial charge < -0.3 is 0 Å². The van der Waals surface area contributed by atoms with E-state index >= 15 is 0 Å². The summed E-state index contributed by atoms with van der Waals surface area (Å²) in [6.45, 7) is 0. The molecule has 0 saturated heterocycles. The molecule has 4 rings (SSSR count). The first-order valence-electron chi connectivity index (χ1n) is 7.32. The summed E-state index contributed by atoms with van der Waals surface area (Å²) in [5.74, 6) is 0. The Morgan fingerprint density at radius 1 is 1.12 bits per heavy atom. The number of sulfonamides is 1. The molecule has 25 heavy (non-hydrogen) atoms. The molecule has 0 spiro atoms. The number of imidazole rings is 1. The summed E-state index contributed by atoms with van der Waals surface area (Å²) in [4.78, 5) is 5.59. The van der Waals surface area contributed by atoms with Gasteiger partial charge in [-0.3, -0.25) is 9.12 Å². The highest BCUT2D eigenvalue weighted by atomic mass is 35.5. The second-order valence-corrected chi connectivity index (χ2v) is 8.35. The molecule has 1 N–H and O–H groups in total. The number of anilines is 1. The molecule has 2 aromatic carbocycles. The van der Waals surface area contributed by atoms with E-state index in [1.807, 2.05) is 28.2 Å². The van der Waals surface area contributed by atoms with Gasteiger partial charge >= 0.3 is 0 Å². The van der Waals surface area contributed by atoms with Crippen LogP contribution in [-0.4, -0.2) is 17.8 Å². The molecule has 4 aromatic rings. The molecule has 0 aliphatic heterocycles. The quantitative estimate of drug-likeness (QED) is 0.558. The lowest BCUT2D eigenvalue weighted by atomic mass is 10.1. The van der Waals surface area contributed by atoms with Crippen LogP contribution in [0.1, 0.15) is 0 Å². The third-order valence-corrected chi connectivity index (χ3v) is 6.05. The number of hydrogen-bond donors (Lipinski definition) is 1. The van der Waals surface area contributed by atoms with Crippen LogP contribution in [0.4, 0.5) is 5.69 Å². The van der Waals surface area contributed by atoms with E-state index in [4.69, 9.17) is 11.6 Å². The summed E-state index contributed by atoms with van der Waals surface area (Å²) in [5, 5.41) is 2.45. The summed E-state index contributed by atoms with van der Waals surface area (Å²) >= 11 is 7.36. The number of hydrogen-bond acceptors (Lipinski definition) is 4. The average molecular weight is 390 g/mol. The predicted octanol–water partition coefficient (Wildman–Crippen LogP) is 4.52. The molecule has 126 valence electrons. The van der Waals surface area contributed by atoms with Crippen molar-refractivity contribution in [3.05, 3.63) is 71.3 Å². The monoisotopic (exact) mass is 389 g/mol. The highest BCUT2D eigenvalue weighted by Gasteiger charge is 2.14. The van der Waals surface area contributed by atoms with Crippen molar-refractivity contribution in [1.29, 1.82) is 0 Å². The second kappa shape index (κ2) is 6.18. The summed E-state index contributed by atoms with van der Waals surface area (Å²) in [5.41, 5.74) is 2.11. The zero-order valence-electron chi connectivity index (χ0n) is 12.8. The normalized spacial score (nSPS) is 11.7. The van der Waals surface area contributed by atoms with Gasteiger partial charge in [0.1, 0.15) is 0 Å². The molecule has 0 amide bonds. The number of nitrogens with zero attached hydrogens (tertiary/aromatic N) is 2. The Balaban J connectivity index is 1.65. The molecule has 5 nitrogen and oxygen atoms in total. The van der Waals surface area contributed by atoms with Crippen molar-refractivity contribution in [3.63, 3.8) is 0 Å². The molecule has 2 aromatic heterocycles. The fraction of sp³-hybridized carbons (Fsp3) is 0. The smallest absolute Gasteiger partial charge is 0.261 e. The van der Waals surface area contributed by atoms with E-state index in [1.165, 1.54) is 12.1 Å². The number of aromatic nitrogens is 2. The van der Waals surface area contributed by atoms with Gasteiger partial charge in [0.25, 0.3) is 10.0 Å². The maximum Gasteiger partial charge on any atom is 0.261 e. The number of halogens is 1. The standard InChI is InChI=1S/C17H12ClN3O2S2/c18-13-4-6-15(7-5-13)25(22,23)20-14-3-1-2-12(10-14)16-11-21-8-9-24-17(21)19-16/h1-11,20H. The molecule has 0 unspecified atom stereocenters. The molecular formula is C17H12ClN3O2S2. The van der Waals surface area contributed by atoms with Crippen LogP contribution in [0.5, 0.6) is 0 Å². The van der Waals surface area contributed by atoms with E-state index in [9.17, 15) is 8.42 Å². The maximum absolute atomic E-state index is 12.5. The van der Waals surface area contributed by atoms with Crippen LogP contribution in [0.15, 0.2) is 71.2 Å². The average Bonchev–Trinajstić information content (AvgIpc) is 3.17. The van der Waals surface area contributed by atoms with Gasteiger partial charge in [-0.1, -0.05) is 23.7 Å². The van der Waals surface area contributed by atoms with Gasteiger partial charge in [0.15, 0.2) is 4.96 Å².